The number of aryl methyl sites for hydroxylation is 1. The van der Waals surface area contributed by atoms with E-state index < -0.39 is 0 Å². The van der Waals surface area contributed by atoms with E-state index in [9.17, 15) is 0 Å². The summed E-state index contributed by atoms with van der Waals surface area (Å²) in [6.07, 6.45) is 6.06. The summed E-state index contributed by atoms with van der Waals surface area (Å²) < 4.78 is 5.32. The first-order valence-corrected chi connectivity index (χ1v) is 7.05. The van der Waals surface area contributed by atoms with Crippen molar-refractivity contribution in [2.75, 3.05) is 7.11 Å². The van der Waals surface area contributed by atoms with Gasteiger partial charge >= 0.3 is 0 Å². The summed E-state index contributed by atoms with van der Waals surface area (Å²) in [5.41, 5.74) is 9.80. The molecule has 1 unspecified atom stereocenters. The highest BCUT2D eigenvalue weighted by Crippen LogP contribution is 2.40. The van der Waals surface area contributed by atoms with Crippen molar-refractivity contribution >= 4 is 11.6 Å². The number of hydrogen-bond acceptors (Lipinski definition) is 3. The first-order valence-electron chi connectivity index (χ1n) is 6.67. The lowest BCUT2D eigenvalue weighted by Crippen LogP contribution is -2.36. The molecule has 0 spiro atoms. The second-order valence-electron chi connectivity index (χ2n) is 5.32. The molecule has 0 saturated carbocycles. The van der Waals surface area contributed by atoms with Gasteiger partial charge in [-0.1, -0.05) is 17.7 Å². The van der Waals surface area contributed by atoms with Gasteiger partial charge in [0, 0.05) is 17.9 Å². The number of rotatable bonds is 3. The van der Waals surface area contributed by atoms with E-state index >= 15 is 0 Å². The monoisotopic (exact) mass is 288 g/mol. The molecule has 104 valence electrons. The third-order valence-electron chi connectivity index (χ3n) is 4.06. The molecule has 0 radical (unpaired) electrons. The van der Waals surface area contributed by atoms with E-state index in [4.69, 9.17) is 22.1 Å². The standard InChI is InChI=1S/C16H17ClN2O/c1-20-13-3-2-11-4-6-16(18,14(11)8-13)9-12-5-7-19-10-15(12)17/h2-3,5,7-8,10H,4,6,9,18H2,1H3. The van der Waals surface area contributed by atoms with E-state index in [2.05, 4.69) is 17.1 Å². The number of hydrogen-bond donors (Lipinski definition) is 1. The predicted molar refractivity (Wildman–Crippen MR) is 80.1 cm³/mol. The van der Waals surface area contributed by atoms with Crippen molar-refractivity contribution in [2.24, 2.45) is 5.73 Å². The lowest BCUT2D eigenvalue weighted by molar-refractivity contribution is 0.407. The molecule has 0 bridgehead atoms. The van der Waals surface area contributed by atoms with Crippen LogP contribution in [0.25, 0.3) is 0 Å². The van der Waals surface area contributed by atoms with Crippen LogP contribution in [0.4, 0.5) is 0 Å². The van der Waals surface area contributed by atoms with E-state index in [0.29, 0.717) is 11.4 Å². The molecule has 1 heterocycles. The predicted octanol–water partition coefficient (Wildman–Crippen LogP) is 3.09. The van der Waals surface area contributed by atoms with Crippen molar-refractivity contribution in [3.63, 3.8) is 0 Å². The Kier molecular flexibility index (Phi) is 3.40. The first kappa shape index (κ1) is 13.4. The molecule has 0 fully saturated rings. The van der Waals surface area contributed by atoms with Crippen LogP contribution < -0.4 is 10.5 Å². The Morgan fingerprint density at radius 1 is 1.40 bits per heavy atom. The van der Waals surface area contributed by atoms with E-state index in [0.717, 1.165) is 24.2 Å². The zero-order chi connectivity index (χ0) is 14.2. The highest BCUT2D eigenvalue weighted by atomic mass is 35.5. The second-order valence-corrected chi connectivity index (χ2v) is 5.73. The van der Waals surface area contributed by atoms with Crippen molar-refractivity contribution < 1.29 is 4.74 Å². The fourth-order valence-corrected chi connectivity index (χ4v) is 3.11. The Morgan fingerprint density at radius 3 is 3.00 bits per heavy atom. The molecule has 1 aliphatic rings. The summed E-state index contributed by atoms with van der Waals surface area (Å²) >= 11 is 6.21. The summed E-state index contributed by atoms with van der Waals surface area (Å²) in [4.78, 5) is 4.02. The highest BCUT2D eigenvalue weighted by molar-refractivity contribution is 6.31. The molecule has 3 rings (SSSR count). The number of aromatic nitrogens is 1. The number of pyridine rings is 1. The van der Waals surface area contributed by atoms with E-state index in [1.807, 2.05) is 12.1 Å². The van der Waals surface area contributed by atoms with Crippen LogP contribution in [0, 0.1) is 0 Å². The van der Waals surface area contributed by atoms with Crippen LogP contribution in [0.1, 0.15) is 23.1 Å². The van der Waals surface area contributed by atoms with Crippen LogP contribution in [0.5, 0.6) is 5.75 Å². The lowest BCUT2D eigenvalue weighted by atomic mass is 9.86. The molecular weight excluding hydrogens is 272 g/mol. The molecule has 2 aromatic rings. The number of benzene rings is 1. The topological polar surface area (TPSA) is 48.1 Å². The van der Waals surface area contributed by atoms with Gasteiger partial charge in [-0.3, -0.25) is 4.98 Å². The van der Waals surface area contributed by atoms with Gasteiger partial charge in [0.05, 0.1) is 12.1 Å². The second kappa shape index (κ2) is 5.08. The average Bonchev–Trinajstić information content (AvgIpc) is 2.78. The fraction of sp³-hybridized carbons (Fsp3) is 0.312. The van der Waals surface area contributed by atoms with Crippen molar-refractivity contribution in [3.8, 4) is 5.75 Å². The molecule has 1 aromatic carbocycles. The van der Waals surface area contributed by atoms with Gasteiger partial charge in [0.2, 0.25) is 0 Å². The maximum Gasteiger partial charge on any atom is 0.119 e. The number of ether oxygens (including phenoxy) is 1. The Morgan fingerprint density at radius 2 is 2.25 bits per heavy atom. The molecule has 4 heteroatoms. The van der Waals surface area contributed by atoms with E-state index in [1.54, 1.807) is 19.5 Å². The van der Waals surface area contributed by atoms with Crippen LogP contribution in [-0.2, 0) is 18.4 Å². The Hall–Kier alpha value is -1.58. The van der Waals surface area contributed by atoms with Gasteiger partial charge in [0.1, 0.15) is 5.75 Å². The Bertz CT molecular complexity index is 644. The number of nitrogens with two attached hydrogens (primary N) is 1. The normalized spacial score (nSPS) is 20.8. The van der Waals surface area contributed by atoms with Gasteiger partial charge in [0.15, 0.2) is 0 Å². The Balaban J connectivity index is 1.98. The quantitative estimate of drug-likeness (QED) is 0.944. The molecule has 0 saturated heterocycles. The molecule has 1 aliphatic carbocycles. The van der Waals surface area contributed by atoms with Crippen LogP contribution in [0.15, 0.2) is 36.7 Å². The largest absolute Gasteiger partial charge is 0.497 e. The SMILES string of the molecule is COc1ccc2c(c1)C(N)(Cc1ccncc1Cl)CC2. The summed E-state index contributed by atoms with van der Waals surface area (Å²) in [7, 11) is 1.68. The highest BCUT2D eigenvalue weighted by Gasteiger charge is 2.35. The average molecular weight is 289 g/mol. The maximum absolute atomic E-state index is 6.66. The molecule has 20 heavy (non-hydrogen) atoms. The van der Waals surface area contributed by atoms with Crippen LogP contribution in [0.3, 0.4) is 0 Å². The number of fused-ring (bicyclic) bond motifs is 1. The van der Waals surface area contributed by atoms with Gasteiger partial charge in [-0.05, 0) is 54.2 Å². The van der Waals surface area contributed by atoms with E-state index in [-0.39, 0.29) is 5.54 Å². The van der Waals surface area contributed by atoms with Crippen molar-refractivity contribution in [1.29, 1.82) is 0 Å². The number of nitrogens with zero attached hydrogens (tertiary/aromatic N) is 1. The minimum Gasteiger partial charge on any atom is -0.497 e. The molecule has 1 atom stereocenters. The number of methoxy groups -OCH3 is 1. The smallest absolute Gasteiger partial charge is 0.119 e. The molecule has 0 amide bonds. The minimum atomic E-state index is -0.380. The van der Waals surface area contributed by atoms with Crippen molar-refractivity contribution in [1.82, 2.24) is 4.98 Å². The minimum absolute atomic E-state index is 0.380. The molecule has 3 nitrogen and oxygen atoms in total. The van der Waals surface area contributed by atoms with Gasteiger partial charge in [-0.15, -0.1) is 0 Å². The first-order chi connectivity index (χ1) is 9.62. The summed E-state index contributed by atoms with van der Waals surface area (Å²) in [5.74, 6) is 0.848. The van der Waals surface area contributed by atoms with Crippen molar-refractivity contribution in [2.45, 2.75) is 24.8 Å². The zero-order valence-electron chi connectivity index (χ0n) is 11.4. The zero-order valence-corrected chi connectivity index (χ0v) is 12.2. The molecule has 2 N–H and O–H groups in total. The Labute approximate surface area is 123 Å². The summed E-state index contributed by atoms with van der Waals surface area (Å²) in [6.45, 7) is 0. The van der Waals surface area contributed by atoms with E-state index in [1.165, 1.54) is 11.1 Å². The van der Waals surface area contributed by atoms with Crippen LogP contribution in [0.2, 0.25) is 5.02 Å². The number of halogens is 1. The van der Waals surface area contributed by atoms with Gasteiger partial charge in [-0.25, -0.2) is 0 Å². The molecule has 0 aliphatic heterocycles. The molecule has 1 aromatic heterocycles. The van der Waals surface area contributed by atoms with Gasteiger partial charge < -0.3 is 10.5 Å². The third kappa shape index (κ3) is 2.28. The molecular formula is C16H17ClN2O. The van der Waals surface area contributed by atoms with Gasteiger partial charge in [0.25, 0.3) is 0 Å². The maximum atomic E-state index is 6.66. The fourth-order valence-electron chi connectivity index (χ4n) is 2.93. The van der Waals surface area contributed by atoms with Crippen LogP contribution in [-0.4, -0.2) is 12.1 Å². The summed E-state index contributed by atoms with van der Waals surface area (Å²) in [6, 6.07) is 8.09. The van der Waals surface area contributed by atoms with Gasteiger partial charge in [-0.2, -0.15) is 0 Å². The van der Waals surface area contributed by atoms with Crippen molar-refractivity contribution in [3.05, 3.63) is 58.4 Å². The summed E-state index contributed by atoms with van der Waals surface area (Å²) in [5, 5.41) is 0.675. The lowest BCUT2D eigenvalue weighted by Gasteiger charge is -2.26. The third-order valence-corrected chi connectivity index (χ3v) is 4.40. The van der Waals surface area contributed by atoms with Crippen LogP contribution >= 0.6 is 11.6 Å².